The number of carboxylic acids is 1. The molecule has 5 nitrogen and oxygen atoms in total. The molecule has 0 unspecified atom stereocenters. The maximum Gasteiger partial charge on any atom is 0.371 e. The minimum absolute atomic E-state index is 0.00509. The van der Waals surface area contributed by atoms with Crippen molar-refractivity contribution in [2.45, 2.75) is 13.0 Å². The third kappa shape index (κ3) is 1.08. The largest absolute Gasteiger partial charge is 0.475 e. The molecule has 0 saturated heterocycles. The second kappa shape index (κ2) is 2.60. The van der Waals surface area contributed by atoms with E-state index in [9.17, 15) is 4.79 Å². The summed E-state index contributed by atoms with van der Waals surface area (Å²) in [7, 11) is 0. The van der Waals surface area contributed by atoms with Gasteiger partial charge in [-0.25, -0.2) is 9.78 Å². The molecule has 1 aliphatic rings. The van der Waals surface area contributed by atoms with E-state index >= 15 is 0 Å². The number of carbonyl (C=O) groups is 1. The molecule has 0 aliphatic carbocycles. The average Bonchev–Trinajstić information content (AvgIpc) is 2.46. The standard InChI is InChI=1S/C7H8N2O3/c10-7(11)6-8-4-1-2-12-3-5(4)9-6/h1-3H2,(H,8,9)(H,10,11). The number of aromatic nitrogens is 2. The molecule has 0 saturated carbocycles. The fourth-order valence-electron chi connectivity index (χ4n) is 1.22. The van der Waals surface area contributed by atoms with Gasteiger partial charge in [-0.2, -0.15) is 0 Å². The molecule has 0 bridgehead atoms. The van der Waals surface area contributed by atoms with E-state index in [1.165, 1.54) is 0 Å². The van der Waals surface area contributed by atoms with Crippen molar-refractivity contribution in [1.29, 1.82) is 0 Å². The Balaban J connectivity index is 2.38. The first-order valence-corrected chi connectivity index (χ1v) is 3.66. The number of aromatic carboxylic acids is 1. The smallest absolute Gasteiger partial charge is 0.371 e. The summed E-state index contributed by atoms with van der Waals surface area (Å²) in [6, 6.07) is 0. The van der Waals surface area contributed by atoms with Crippen LogP contribution in [-0.4, -0.2) is 27.7 Å². The van der Waals surface area contributed by atoms with Crippen LogP contribution in [0.15, 0.2) is 0 Å². The Morgan fingerprint density at radius 3 is 3.17 bits per heavy atom. The van der Waals surface area contributed by atoms with Crippen molar-refractivity contribution in [1.82, 2.24) is 9.97 Å². The maximum atomic E-state index is 10.5. The van der Waals surface area contributed by atoms with Gasteiger partial charge in [-0.15, -0.1) is 0 Å². The van der Waals surface area contributed by atoms with Crippen LogP contribution in [0.1, 0.15) is 22.0 Å². The van der Waals surface area contributed by atoms with Crippen molar-refractivity contribution >= 4 is 5.97 Å². The van der Waals surface area contributed by atoms with E-state index in [-0.39, 0.29) is 5.82 Å². The van der Waals surface area contributed by atoms with Gasteiger partial charge >= 0.3 is 5.97 Å². The predicted molar refractivity (Wildman–Crippen MR) is 38.9 cm³/mol. The van der Waals surface area contributed by atoms with E-state index in [2.05, 4.69) is 9.97 Å². The Bertz CT molecular complexity index is 295. The fourth-order valence-corrected chi connectivity index (χ4v) is 1.22. The van der Waals surface area contributed by atoms with Crippen molar-refractivity contribution in [2.24, 2.45) is 0 Å². The molecule has 0 amide bonds. The van der Waals surface area contributed by atoms with Gasteiger partial charge in [0, 0.05) is 6.42 Å². The van der Waals surface area contributed by atoms with Crippen LogP contribution in [0.2, 0.25) is 0 Å². The Hall–Kier alpha value is -1.36. The van der Waals surface area contributed by atoms with Crippen LogP contribution >= 0.6 is 0 Å². The first-order chi connectivity index (χ1) is 5.77. The van der Waals surface area contributed by atoms with Crippen LogP contribution in [0.25, 0.3) is 0 Å². The zero-order valence-corrected chi connectivity index (χ0v) is 6.33. The molecule has 0 atom stereocenters. The molecule has 0 fully saturated rings. The van der Waals surface area contributed by atoms with E-state index in [0.29, 0.717) is 19.6 Å². The number of hydrogen-bond acceptors (Lipinski definition) is 3. The lowest BCUT2D eigenvalue weighted by Crippen LogP contribution is -2.08. The van der Waals surface area contributed by atoms with E-state index in [4.69, 9.17) is 9.84 Å². The van der Waals surface area contributed by atoms with Crippen LogP contribution in [0.4, 0.5) is 0 Å². The van der Waals surface area contributed by atoms with Gasteiger partial charge in [0.1, 0.15) is 0 Å². The van der Waals surface area contributed by atoms with Crippen LogP contribution < -0.4 is 0 Å². The minimum atomic E-state index is -1.02. The van der Waals surface area contributed by atoms with Crippen LogP contribution in [0.3, 0.4) is 0 Å². The van der Waals surface area contributed by atoms with E-state index in [0.717, 1.165) is 11.4 Å². The van der Waals surface area contributed by atoms with Crippen LogP contribution in [-0.2, 0) is 17.8 Å². The number of nitrogens with one attached hydrogen (secondary N) is 1. The van der Waals surface area contributed by atoms with E-state index in [1.807, 2.05) is 0 Å². The second-order valence-corrected chi connectivity index (χ2v) is 2.62. The van der Waals surface area contributed by atoms with Crippen molar-refractivity contribution in [3.8, 4) is 0 Å². The van der Waals surface area contributed by atoms with E-state index < -0.39 is 5.97 Å². The average molecular weight is 168 g/mol. The van der Waals surface area contributed by atoms with Gasteiger partial charge < -0.3 is 14.8 Å². The van der Waals surface area contributed by atoms with Crippen molar-refractivity contribution in [2.75, 3.05) is 6.61 Å². The number of ether oxygens (including phenoxy) is 1. The number of nitrogens with zero attached hydrogens (tertiary/aromatic N) is 1. The van der Waals surface area contributed by atoms with Crippen LogP contribution in [0.5, 0.6) is 0 Å². The normalized spacial score (nSPS) is 15.7. The summed E-state index contributed by atoms with van der Waals surface area (Å²) in [6.07, 6.45) is 0.694. The summed E-state index contributed by atoms with van der Waals surface area (Å²) in [5, 5.41) is 8.60. The molecule has 0 aromatic carbocycles. The Morgan fingerprint density at radius 2 is 2.50 bits per heavy atom. The number of hydrogen-bond donors (Lipinski definition) is 2. The maximum absolute atomic E-state index is 10.5. The number of aromatic amines is 1. The molecular weight excluding hydrogens is 160 g/mol. The summed E-state index contributed by atoms with van der Waals surface area (Å²) in [6.45, 7) is 1.06. The first-order valence-electron chi connectivity index (χ1n) is 3.66. The quantitative estimate of drug-likeness (QED) is 0.627. The van der Waals surface area contributed by atoms with Gasteiger partial charge in [0.15, 0.2) is 0 Å². The molecule has 5 heteroatoms. The van der Waals surface area contributed by atoms with Gasteiger partial charge in [-0.1, -0.05) is 0 Å². The molecular formula is C7H8N2O3. The number of rotatable bonds is 1. The Morgan fingerprint density at radius 1 is 1.67 bits per heavy atom. The molecule has 0 spiro atoms. The molecule has 1 aliphatic heterocycles. The van der Waals surface area contributed by atoms with Crippen LogP contribution in [0, 0.1) is 0 Å². The van der Waals surface area contributed by atoms with Crippen molar-refractivity contribution in [3.63, 3.8) is 0 Å². The zero-order chi connectivity index (χ0) is 8.55. The molecule has 2 heterocycles. The fraction of sp³-hybridized carbons (Fsp3) is 0.429. The number of carboxylic acid groups (broad SMARTS) is 1. The second-order valence-electron chi connectivity index (χ2n) is 2.62. The zero-order valence-electron chi connectivity index (χ0n) is 6.33. The highest BCUT2D eigenvalue weighted by atomic mass is 16.5. The van der Waals surface area contributed by atoms with E-state index in [1.54, 1.807) is 0 Å². The third-order valence-electron chi connectivity index (χ3n) is 1.80. The highest BCUT2D eigenvalue weighted by Crippen LogP contribution is 2.13. The monoisotopic (exact) mass is 168 g/mol. The minimum Gasteiger partial charge on any atom is -0.475 e. The topological polar surface area (TPSA) is 75.2 Å². The van der Waals surface area contributed by atoms with Gasteiger partial charge in [-0.05, 0) is 0 Å². The summed E-state index contributed by atoms with van der Waals surface area (Å²) in [5.41, 5.74) is 1.61. The number of fused-ring (bicyclic) bond motifs is 1. The summed E-state index contributed by atoms with van der Waals surface area (Å²) < 4.78 is 5.12. The molecule has 0 radical (unpaired) electrons. The highest BCUT2D eigenvalue weighted by molar-refractivity contribution is 5.83. The molecule has 2 rings (SSSR count). The summed E-state index contributed by atoms with van der Waals surface area (Å²) in [4.78, 5) is 17.1. The first kappa shape index (κ1) is 7.30. The van der Waals surface area contributed by atoms with Gasteiger partial charge in [0.05, 0.1) is 24.6 Å². The SMILES string of the molecule is O=C(O)c1nc2c([nH]1)COCC2. The van der Waals surface area contributed by atoms with Crippen molar-refractivity contribution in [3.05, 3.63) is 17.2 Å². The van der Waals surface area contributed by atoms with Gasteiger partial charge in [-0.3, -0.25) is 0 Å². The van der Waals surface area contributed by atoms with Gasteiger partial charge in [0.2, 0.25) is 5.82 Å². The lowest BCUT2D eigenvalue weighted by atomic mass is 10.2. The summed E-state index contributed by atoms with van der Waals surface area (Å²) in [5.74, 6) is -1.02. The highest BCUT2D eigenvalue weighted by Gasteiger charge is 2.17. The third-order valence-corrected chi connectivity index (χ3v) is 1.80. The molecule has 12 heavy (non-hydrogen) atoms. The Labute approximate surface area is 68.4 Å². The number of H-pyrrole nitrogens is 1. The Kier molecular flexibility index (Phi) is 1.58. The summed E-state index contributed by atoms with van der Waals surface area (Å²) >= 11 is 0. The molecule has 2 N–H and O–H groups in total. The molecule has 1 aromatic heterocycles. The predicted octanol–water partition coefficient (Wildman–Crippen LogP) is 0.181. The lowest BCUT2D eigenvalue weighted by Gasteiger charge is -2.08. The van der Waals surface area contributed by atoms with Crippen molar-refractivity contribution < 1.29 is 14.6 Å². The van der Waals surface area contributed by atoms with Gasteiger partial charge in [0.25, 0.3) is 0 Å². The number of imidazole rings is 1. The molecule has 1 aromatic rings. The lowest BCUT2D eigenvalue weighted by molar-refractivity contribution is 0.0684. The molecule has 64 valence electrons.